The lowest BCUT2D eigenvalue weighted by Crippen LogP contribution is -2.62. The summed E-state index contributed by atoms with van der Waals surface area (Å²) in [6.45, 7) is 2.52. The van der Waals surface area contributed by atoms with Crippen molar-refractivity contribution in [3.05, 3.63) is 23.3 Å². The molecular weight excluding hydrogens is 355 g/mol. The Labute approximate surface area is 155 Å². The molecule has 4 rings (SSSR count). The molecule has 9 nitrogen and oxygen atoms in total. The van der Waals surface area contributed by atoms with Gasteiger partial charge >= 0.3 is 19.1 Å². The Morgan fingerprint density at radius 3 is 2.74 bits per heavy atom. The van der Waals surface area contributed by atoms with Crippen LogP contribution < -0.4 is 15.1 Å². The molecule has 0 aromatic heterocycles. The fraction of sp³-hybridized carbons (Fsp3) is 0.529. The number of carboxylic acids is 2. The van der Waals surface area contributed by atoms with Crippen molar-refractivity contribution in [2.45, 2.75) is 36.7 Å². The summed E-state index contributed by atoms with van der Waals surface area (Å²) in [7, 11) is -0.992. The predicted molar refractivity (Wildman–Crippen MR) is 94.2 cm³/mol. The van der Waals surface area contributed by atoms with Gasteiger partial charge in [0.1, 0.15) is 28.7 Å². The van der Waals surface area contributed by atoms with Crippen molar-refractivity contribution in [1.82, 2.24) is 4.90 Å². The van der Waals surface area contributed by atoms with Gasteiger partial charge in [-0.2, -0.15) is 0 Å². The first-order valence-electron chi connectivity index (χ1n) is 8.83. The van der Waals surface area contributed by atoms with Gasteiger partial charge in [-0.3, -0.25) is 9.69 Å². The number of carbonyl (C=O) groups is 2. The highest BCUT2D eigenvalue weighted by Crippen LogP contribution is 2.60. The minimum Gasteiger partial charge on any atom is -0.535 e. The maximum Gasteiger partial charge on any atom is 0.526 e. The van der Waals surface area contributed by atoms with Gasteiger partial charge in [-0.1, -0.05) is 6.07 Å². The van der Waals surface area contributed by atoms with Crippen LogP contribution in [0.4, 0.5) is 0 Å². The van der Waals surface area contributed by atoms with Gasteiger partial charge in [0.05, 0.1) is 0 Å². The van der Waals surface area contributed by atoms with Gasteiger partial charge in [0.15, 0.2) is 0 Å². The minimum absolute atomic E-state index is 0.0333. The van der Waals surface area contributed by atoms with Crippen molar-refractivity contribution in [2.75, 3.05) is 19.6 Å². The van der Waals surface area contributed by atoms with Crippen LogP contribution in [0, 0.1) is 0 Å². The monoisotopic (exact) mass is 376 g/mol. The zero-order valence-electron chi connectivity index (χ0n) is 14.8. The lowest BCUT2D eigenvalue weighted by molar-refractivity contribution is -0.144. The minimum atomic E-state index is -1.35. The molecule has 0 radical (unpaired) electrons. The Bertz CT molecular complexity index is 809. The van der Waals surface area contributed by atoms with Crippen molar-refractivity contribution in [3.8, 4) is 11.5 Å². The lowest BCUT2D eigenvalue weighted by atomic mass is 9.77. The summed E-state index contributed by atoms with van der Waals surface area (Å²) in [5, 5.41) is 28.7. The van der Waals surface area contributed by atoms with Gasteiger partial charge in [-0.25, -0.2) is 4.79 Å². The van der Waals surface area contributed by atoms with E-state index >= 15 is 0 Å². The molecule has 3 atom stereocenters. The van der Waals surface area contributed by atoms with E-state index in [0.29, 0.717) is 13.1 Å². The van der Waals surface area contributed by atoms with Crippen LogP contribution in [0.2, 0.25) is 5.82 Å². The number of fused-ring (bicyclic) bond motifs is 3. The van der Waals surface area contributed by atoms with E-state index in [4.69, 9.17) is 20.2 Å². The molecule has 0 unspecified atom stereocenters. The van der Waals surface area contributed by atoms with Crippen molar-refractivity contribution in [1.29, 1.82) is 0 Å². The highest BCUT2D eigenvalue weighted by atomic mass is 16.5. The van der Waals surface area contributed by atoms with Crippen molar-refractivity contribution in [2.24, 2.45) is 5.73 Å². The van der Waals surface area contributed by atoms with E-state index in [0.717, 1.165) is 12.0 Å². The number of ether oxygens (including phenoxy) is 1. The first-order chi connectivity index (χ1) is 12.7. The van der Waals surface area contributed by atoms with Gasteiger partial charge in [-0.05, 0) is 30.9 Å². The predicted octanol–water partition coefficient (Wildman–Crippen LogP) is -0.0198. The van der Waals surface area contributed by atoms with Crippen molar-refractivity contribution < 1.29 is 34.2 Å². The molecule has 0 bridgehead atoms. The van der Waals surface area contributed by atoms with E-state index in [9.17, 15) is 19.7 Å². The zero-order valence-corrected chi connectivity index (χ0v) is 14.8. The average Bonchev–Trinajstić information content (AvgIpc) is 3.33. The summed E-state index contributed by atoms with van der Waals surface area (Å²) in [5.41, 5.74) is 5.10. The van der Waals surface area contributed by atoms with Crippen molar-refractivity contribution >= 4 is 19.1 Å². The molecule has 1 aromatic rings. The van der Waals surface area contributed by atoms with Gasteiger partial charge in [-0.15, -0.1) is 0 Å². The van der Waals surface area contributed by atoms with Crippen LogP contribution in [0.1, 0.15) is 35.2 Å². The Kier molecular flexibility index (Phi) is 4.10. The third kappa shape index (κ3) is 3.13. The first kappa shape index (κ1) is 18.1. The number of carboxylic acid groups (broad SMARTS) is 2. The molecule has 1 aromatic carbocycles. The van der Waals surface area contributed by atoms with E-state index in [1.807, 2.05) is 4.90 Å². The second-order valence-electron chi connectivity index (χ2n) is 7.83. The lowest BCUT2D eigenvalue weighted by Gasteiger charge is -2.42. The SMILES string of the molecule is C[C@@](N)(CN1CC(Oc2ccc3c(c2C(=O)O)OB(O)[C@H]2C[C@@H]32)C1)C(=O)O. The molecule has 0 spiro atoms. The Morgan fingerprint density at radius 2 is 2.11 bits per heavy atom. The number of benzene rings is 1. The van der Waals surface area contributed by atoms with E-state index < -0.39 is 24.6 Å². The van der Waals surface area contributed by atoms with Crippen LogP contribution in [0.5, 0.6) is 11.5 Å². The molecule has 1 aliphatic carbocycles. The first-order valence-corrected chi connectivity index (χ1v) is 8.83. The molecule has 27 heavy (non-hydrogen) atoms. The van der Waals surface area contributed by atoms with Crippen LogP contribution in [-0.2, 0) is 4.79 Å². The standard InChI is InChI=1S/C17H21BN2O7/c1-17(19,16(23)24)7-20-5-8(6-20)26-12-3-2-9-10-4-11(10)18(25)27-14(9)13(12)15(21)22/h2-3,8,10-11,25H,4-7,19H2,1H3,(H,21,22)(H,23,24)/t10-,11-,17+/m0/s1. The van der Waals surface area contributed by atoms with Crippen LogP contribution in [0.15, 0.2) is 12.1 Å². The largest absolute Gasteiger partial charge is 0.535 e. The quantitative estimate of drug-likeness (QED) is 0.504. The second-order valence-corrected chi connectivity index (χ2v) is 7.83. The molecule has 5 N–H and O–H groups in total. The molecule has 1 saturated carbocycles. The zero-order chi connectivity index (χ0) is 19.5. The summed E-state index contributed by atoms with van der Waals surface area (Å²) in [6.07, 6.45) is 0.514. The average molecular weight is 376 g/mol. The summed E-state index contributed by atoms with van der Waals surface area (Å²) >= 11 is 0. The Morgan fingerprint density at radius 1 is 1.41 bits per heavy atom. The number of nitrogens with two attached hydrogens (primary N) is 1. The number of aliphatic carboxylic acids is 1. The van der Waals surface area contributed by atoms with E-state index in [2.05, 4.69) is 0 Å². The molecule has 10 heteroatoms. The number of hydrogen-bond donors (Lipinski definition) is 4. The number of likely N-dealkylation sites (tertiary alicyclic amines) is 1. The smallest absolute Gasteiger partial charge is 0.526 e. The van der Waals surface area contributed by atoms with Gasteiger partial charge in [0.25, 0.3) is 0 Å². The highest BCUT2D eigenvalue weighted by molar-refractivity contribution is 6.48. The molecular formula is C17H21BN2O7. The summed E-state index contributed by atoms with van der Waals surface area (Å²) < 4.78 is 11.3. The van der Waals surface area contributed by atoms with Gasteiger partial charge < -0.3 is 30.4 Å². The molecule has 0 amide bonds. The maximum atomic E-state index is 11.8. The fourth-order valence-electron chi connectivity index (χ4n) is 3.83. The van der Waals surface area contributed by atoms with Crippen molar-refractivity contribution in [3.63, 3.8) is 0 Å². The third-order valence-electron chi connectivity index (χ3n) is 5.47. The van der Waals surface area contributed by atoms with Crippen LogP contribution >= 0.6 is 0 Å². The summed E-state index contributed by atoms with van der Waals surface area (Å²) in [6, 6.07) is 3.43. The Balaban J connectivity index is 1.47. The van der Waals surface area contributed by atoms with Crippen LogP contribution in [-0.4, -0.2) is 70.5 Å². The van der Waals surface area contributed by atoms with Gasteiger partial charge in [0, 0.05) is 25.5 Å². The summed E-state index contributed by atoms with van der Waals surface area (Å²) in [5.74, 6) is -1.72. The van der Waals surface area contributed by atoms with E-state index in [-0.39, 0.29) is 41.4 Å². The molecule has 1 saturated heterocycles. The third-order valence-corrected chi connectivity index (χ3v) is 5.47. The van der Waals surface area contributed by atoms with Crippen LogP contribution in [0.3, 0.4) is 0 Å². The highest BCUT2D eigenvalue weighted by Gasteiger charge is 2.54. The topological polar surface area (TPSA) is 143 Å². The van der Waals surface area contributed by atoms with E-state index in [1.54, 1.807) is 12.1 Å². The number of hydrogen-bond acceptors (Lipinski definition) is 7. The second kappa shape index (κ2) is 6.11. The molecule has 2 aliphatic heterocycles. The normalized spacial score (nSPS) is 26.1. The molecule has 2 heterocycles. The summed E-state index contributed by atoms with van der Waals surface area (Å²) in [4.78, 5) is 24.7. The molecule has 3 aliphatic rings. The Hall–Kier alpha value is -2.30. The number of rotatable bonds is 6. The molecule has 144 valence electrons. The molecule has 2 fully saturated rings. The van der Waals surface area contributed by atoms with Gasteiger partial charge in [0.2, 0.25) is 0 Å². The number of nitrogens with zero attached hydrogens (tertiary/aromatic N) is 1. The van der Waals surface area contributed by atoms with E-state index in [1.165, 1.54) is 6.92 Å². The van der Waals surface area contributed by atoms with Crippen LogP contribution in [0.25, 0.3) is 0 Å². The number of aromatic carboxylic acids is 1. The maximum absolute atomic E-state index is 11.8. The fourth-order valence-corrected chi connectivity index (χ4v) is 3.83.